The Morgan fingerprint density at radius 1 is 1.00 bits per heavy atom. The van der Waals surface area contributed by atoms with Crippen molar-refractivity contribution in [3.05, 3.63) is 90.0 Å². The van der Waals surface area contributed by atoms with Gasteiger partial charge in [0.2, 0.25) is 0 Å². The maximum atomic E-state index is 12.3. The van der Waals surface area contributed by atoms with E-state index in [1.54, 1.807) is 6.20 Å². The maximum absolute atomic E-state index is 12.3. The Morgan fingerprint density at radius 2 is 1.77 bits per heavy atom. The van der Waals surface area contributed by atoms with Crippen molar-refractivity contribution < 1.29 is 9.53 Å². The van der Waals surface area contributed by atoms with Gasteiger partial charge in [-0.3, -0.25) is 19.7 Å². The van der Waals surface area contributed by atoms with Gasteiger partial charge in [-0.25, -0.2) is 0 Å². The second-order valence-corrected chi connectivity index (χ2v) is 7.48. The summed E-state index contributed by atoms with van der Waals surface area (Å²) >= 11 is 0. The molecule has 0 unspecified atom stereocenters. The third kappa shape index (κ3) is 5.64. The van der Waals surface area contributed by atoms with Crippen LogP contribution in [0.25, 0.3) is 0 Å². The molecule has 154 valence electrons. The van der Waals surface area contributed by atoms with Gasteiger partial charge in [0.1, 0.15) is 11.9 Å². The highest BCUT2D eigenvalue weighted by molar-refractivity contribution is 5.94. The monoisotopic (exact) mass is 402 g/mol. The molecule has 4 rings (SSSR count). The molecular weight excluding hydrogens is 376 g/mol. The van der Waals surface area contributed by atoms with Crippen molar-refractivity contribution >= 4 is 5.91 Å². The zero-order valence-electron chi connectivity index (χ0n) is 16.9. The third-order valence-corrected chi connectivity index (χ3v) is 5.27. The second kappa shape index (κ2) is 9.98. The van der Waals surface area contributed by atoms with Crippen LogP contribution in [0.2, 0.25) is 0 Å². The van der Waals surface area contributed by atoms with E-state index >= 15 is 0 Å². The number of rotatable bonds is 7. The molecule has 1 amide bonds. The van der Waals surface area contributed by atoms with E-state index in [1.165, 1.54) is 5.56 Å². The summed E-state index contributed by atoms with van der Waals surface area (Å²) in [7, 11) is 0. The minimum atomic E-state index is -0.114. The summed E-state index contributed by atoms with van der Waals surface area (Å²) in [6, 6.07) is 17.1. The van der Waals surface area contributed by atoms with Crippen LogP contribution in [0.5, 0.6) is 5.75 Å². The summed E-state index contributed by atoms with van der Waals surface area (Å²) in [5, 5.41) is 2.89. The van der Waals surface area contributed by atoms with Crippen molar-refractivity contribution in [3.63, 3.8) is 0 Å². The molecule has 1 aliphatic heterocycles. The zero-order chi connectivity index (χ0) is 20.6. The van der Waals surface area contributed by atoms with Gasteiger partial charge in [0.05, 0.1) is 12.2 Å². The number of hydrogen-bond donors (Lipinski definition) is 1. The molecule has 30 heavy (non-hydrogen) atoms. The molecule has 0 saturated carbocycles. The van der Waals surface area contributed by atoms with Gasteiger partial charge in [-0.1, -0.05) is 6.07 Å². The van der Waals surface area contributed by atoms with Gasteiger partial charge in [-0.2, -0.15) is 0 Å². The number of aromatic nitrogens is 2. The van der Waals surface area contributed by atoms with Gasteiger partial charge in [0.25, 0.3) is 5.91 Å². The predicted molar refractivity (Wildman–Crippen MR) is 115 cm³/mol. The van der Waals surface area contributed by atoms with Crippen LogP contribution in [0, 0.1) is 0 Å². The number of amides is 1. The van der Waals surface area contributed by atoms with Crippen LogP contribution < -0.4 is 10.1 Å². The van der Waals surface area contributed by atoms with E-state index < -0.39 is 0 Å². The minimum absolute atomic E-state index is 0.114. The summed E-state index contributed by atoms with van der Waals surface area (Å²) in [4.78, 5) is 23.0. The molecule has 6 nitrogen and oxygen atoms in total. The number of piperidine rings is 1. The Bertz CT molecular complexity index is 924. The number of pyridine rings is 2. The second-order valence-electron chi connectivity index (χ2n) is 7.48. The lowest BCUT2D eigenvalue weighted by molar-refractivity contribution is 0.0947. The Morgan fingerprint density at radius 3 is 2.47 bits per heavy atom. The van der Waals surface area contributed by atoms with Crippen LogP contribution in [0.4, 0.5) is 0 Å². The predicted octanol–water partition coefficient (Wildman–Crippen LogP) is 3.45. The van der Waals surface area contributed by atoms with Crippen molar-refractivity contribution in [2.24, 2.45) is 0 Å². The van der Waals surface area contributed by atoms with Gasteiger partial charge in [0, 0.05) is 43.8 Å². The summed E-state index contributed by atoms with van der Waals surface area (Å²) in [5.41, 5.74) is 2.74. The molecule has 1 aromatic carbocycles. The minimum Gasteiger partial charge on any atom is -0.490 e. The van der Waals surface area contributed by atoms with Crippen molar-refractivity contribution in [2.75, 3.05) is 13.1 Å². The Balaban J connectivity index is 1.22. The van der Waals surface area contributed by atoms with E-state index in [2.05, 4.69) is 32.3 Å². The quantitative estimate of drug-likeness (QED) is 0.656. The maximum Gasteiger partial charge on any atom is 0.251 e. The Kier molecular flexibility index (Phi) is 6.67. The van der Waals surface area contributed by atoms with Crippen LogP contribution in [0.3, 0.4) is 0 Å². The number of benzene rings is 1. The van der Waals surface area contributed by atoms with Crippen molar-refractivity contribution in [1.29, 1.82) is 0 Å². The number of likely N-dealkylation sites (tertiary alicyclic amines) is 1. The highest BCUT2D eigenvalue weighted by atomic mass is 16.5. The Labute approximate surface area is 176 Å². The number of nitrogens with one attached hydrogen (secondary N) is 1. The fourth-order valence-electron chi connectivity index (χ4n) is 3.58. The fourth-order valence-corrected chi connectivity index (χ4v) is 3.58. The van der Waals surface area contributed by atoms with Gasteiger partial charge in [-0.05, 0) is 66.9 Å². The molecule has 1 aliphatic rings. The van der Waals surface area contributed by atoms with Gasteiger partial charge >= 0.3 is 0 Å². The topological polar surface area (TPSA) is 67.3 Å². The molecule has 1 saturated heterocycles. The van der Waals surface area contributed by atoms with Crippen LogP contribution in [-0.4, -0.2) is 40.0 Å². The summed E-state index contributed by atoms with van der Waals surface area (Å²) < 4.78 is 6.14. The standard InChI is InChI=1S/C24H26N4O2/c29-24(27-17-21-3-1-2-12-26-21)20-4-6-22(7-5-20)30-23-10-15-28(16-11-23)18-19-8-13-25-14-9-19/h1-9,12-14,23H,10-11,15-18H2,(H,27,29). The van der Waals surface area contributed by atoms with Crippen LogP contribution in [0.1, 0.15) is 34.5 Å². The molecular formula is C24H26N4O2. The first-order chi connectivity index (χ1) is 14.8. The number of ether oxygens (including phenoxy) is 1. The molecule has 0 atom stereocenters. The molecule has 0 bridgehead atoms. The largest absolute Gasteiger partial charge is 0.490 e. The lowest BCUT2D eigenvalue weighted by Gasteiger charge is -2.32. The van der Waals surface area contributed by atoms with E-state index in [1.807, 2.05) is 54.9 Å². The molecule has 1 N–H and O–H groups in total. The number of carbonyl (C=O) groups is 1. The van der Waals surface area contributed by atoms with Crippen LogP contribution in [0.15, 0.2) is 73.2 Å². The molecule has 2 aromatic heterocycles. The highest BCUT2D eigenvalue weighted by Gasteiger charge is 2.20. The zero-order valence-corrected chi connectivity index (χ0v) is 16.9. The van der Waals surface area contributed by atoms with Gasteiger partial charge in [0.15, 0.2) is 0 Å². The molecule has 0 radical (unpaired) electrons. The molecule has 3 heterocycles. The molecule has 6 heteroatoms. The molecule has 1 fully saturated rings. The number of hydrogen-bond acceptors (Lipinski definition) is 5. The van der Waals surface area contributed by atoms with Crippen LogP contribution >= 0.6 is 0 Å². The first kappa shape index (κ1) is 20.0. The molecule has 0 spiro atoms. The van der Waals surface area contributed by atoms with Crippen LogP contribution in [-0.2, 0) is 13.1 Å². The number of carbonyl (C=O) groups excluding carboxylic acids is 1. The van der Waals surface area contributed by atoms with E-state index in [-0.39, 0.29) is 12.0 Å². The SMILES string of the molecule is O=C(NCc1ccccn1)c1ccc(OC2CCN(Cc3ccncc3)CC2)cc1. The van der Waals surface area contributed by atoms with E-state index in [0.29, 0.717) is 12.1 Å². The Hall–Kier alpha value is -3.25. The first-order valence-electron chi connectivity index (χ1n) is 10.3. The smallest absolute Gasteiger partial charge is 0.251 e. The summed E-state index contributed by atoms with van der Waals surface area (Å²) in [6.45, 7) is 3.40. The normalized spacial score (nSPS) is 14.9. The summed E-state index contributed by atoms with van der Waals surface area (Å²) in [6.07, 6.45) is 7.61. The average molecular weight is 402 g/mol. The van der Waals surface area contributed by atoms with E-state index in [9.17, 15) is 4.79 Å². The summed E-state index contributed by atoms with van der Waals surface area (Å²) in [5.74, 6) is 0.695. The van der Waals surface area contributed by atoms with Gasteiger partial charge in [-0.15, -0.1) is 0 Å². The first-order valence-corrected chi connectivity index (χ1v) is 10.3. The van der Waals surface area contributed by atoms with E-state index in [0.717, 1.165) is 43.9 Å². The third-order valence-electron chi connectivity index (χ3n) is 5.27. The van der Waals surface area contributed by atoms with Gasteiger partial charge < -0.3 is 10.1 Å². The molecule has 0 aliphatic carbocycles. The average Bonchev–Trinajstić information content (AvgIpc) is 2.81. The molecule has 3 aromatic rings. The number of nitrogens with zero attached hydrogens (tertiary/aromatic N) is 3. The lowest BCUT2D eigenvalue weighted by Crippen LogP contribution is -2.37. The lowest BCUT2D eigenvalue weighted by atomic mass is 10.1. The highest BCUT2D eigenvalue weighted by Crippen LogP contribution is 2.20. The van der Waals surface area contributed by atoms with E-state index in [4.69, 9.17) is 4.74 Å². The van der Waals surface area contributed by atoms with Crippen molar-refractivity contribution in [3.8, 4) is 5.75 Å². The van der Waals surface area contributed by atoms with Crippen molar-refractivity contribution in [1.82, 2.24) is 20.2 Å². The van der Waals surface area contributed by atoms with Crippen molar-refractivity contribution in [2.45, 2.75) is 32.0 Å². The fraction of sp³-hybridized carbons (Fsp3) is 0.292.